The Kier molecular flexibility index (Phi) is 4.49. The average molecular weight is 236 g/mol. The largest absolute Gasteiger partial charge is 0.481 e. The number of hydrogen-bond donors (Lipinski definition) is 2. The highest BCUT2D eigenvalue weighted by Crippen LogP contribution is 2.10. The SMILES string of the molecule is O=C(O)CCCNS(=O)(=O)N1CCCC1. The van der Waals surface area contributed by atoms with E-state index >= 15 is 0 Å². The van der Waals surface area contributed by atoms with Gasteiger partial charge in [0.25, 0.3) is 10.2 Å². The summed E-state index contributed by atoms with van der Waals surface area (Å²) in [4.78, 5) is 10.2. The van der Waals surface area contributed by atoms with E-state index in [9.17, 15) is 13.2 Å². The Morgan fingerprint density at radius 3 is 2.47 bits per heavy atom. The quantitative estimate of drug-likeness (QED) is 0.624. The number of hydrogen-bond acceptors (Lipinski definition) is 3. The van der Waals surface area contributed by atoms with E-state index in [2.05, 4.69) is 4.72 Å². The molecule has 6 nitrogen and oxygen atoms in total. The monoisotopic (exact) mass is 236 g/mol. The maximum Gasteiger partial charge on any atom is 0.303 e. The number of rotatable bonds is 6. The zero-order chi connectivity index (χ0) is 11.3. The first kappa shape index (κ1) is 12.4. The standard InChI is InChI=1S/C8H16N2O4S/c11-8(12)4-3-5-9-15(13,14)10-6-1-2-7-10/h9H,1-7H2,(H,11,12). The molecule has 1 aliphatic heterocycles. The summed E-state index contributed by atoms with van der Waals surface area (Å²) in [5.41, 5.74) is 0. The third-order valence-corrected chi connectivity index (χ3v) is 3.87. The molecule has 0 amide bonds. The number of nitrogens with one attached hydrogen (secondary N) is 1. The molecular formula is C8H16N2O4S. The first-order valence-electron chi connectivity index (χ1n) is 4.99. The van der Waals surface area contributed by atoms with Crippen LogP contribution in [0.15, 0.2) is 0 Å². The highest BCUT2D eigenvalue weighted by molar-refractivity contribution is 7.87. The van der Waals surface area contributed by atoms with Gasteiger partial charge < -0.3 is 5.11 Å². The summed E-state index contributed by atoms with van der Waals surface area (Å²) in [6, 6.07) is 0. The molecule has 1 fully saturated rings. The van der Waals surface area contributed by atoms with Crippen LogP contribution >= 0.6 is 0 Å². The van der Waals surface area contributed by atoms with E-state index in [4.69, 9.17) is 5.11 Å². The van der Waals surface area contributed by atoms with Crippen molar-refractivity contribution in [2.45, 2.75) is 25.7 Å². The predicted octanol–water partition coefficient (Wildman–Crippen LogP) is -0.219. The summed E-state index contributed by atoms with van der Waals surface area (Å²) < 4.78 is 26.9. The van der Waals surface area contributed by atoms with Crippen LogP contribution in [0.4, 0.5) is 0 Å². The Bertz CT molecular complexity index is 309. The van der Waals surface area contributed by atoms with E-state index in [-0.39, 0.29) is 13.0 Å². The fourth-order valence-corrected chi connectivity index (χ4v) is 2.78. The first-order chi connectivity index (χ1) is 7.02. The van der Waals surface area contributed by atoms with Gasteiger partial charge in [-0.2, -0.15) is 12.7 Å². The topological polar surface area (TPSA) is 86.7 Å². The van der Waals surface area contributed by atoms with E-state index in [1.807, 2.05) is 0 Å². The lowest BCUT2D eigenvalue weighted by molar-refractivity contribution is -0.137. The third-order valence-electron chi connectivity index (χ3n) is 2.26. The number of carbonyl (C=O) groups is 1. The lowest BCUT2D eigenvalue weighted by Gasteiger charge is -2.15. The number of carboxylic acids is 1. The Labute approximate surface area is 89.4 Å². The zero-order valence-corrected chi connectivity index (χ0v) is 9.29. The van der Waals surface area contributed by atoms with Gasteiger partial charge in [-0.05, 0) is 19.3 Å². The molecule has 1 aliphatic rings. The van der Waals surface area contributed by atoms with Gasteiger partial charge in [-0.1, -0.05) is 0 Å². The second kappa shape index (κ2) is 5.43. The van der Waals surface area contributed by atoms with Crippen molar-refractivity contribution in [3.05, 3.63) is 0 Å². The van der Waals surface area contributed by atoms with Gasteiger partial charge >= 0.3 is 5.97 Å². The second-order valence-electron chi connectivity index (χ2n) is 3.50. The highest BCUT2D eigenvalue weighted by Gasteiger charge is 2.24. The molecule has 0 spiro atoms. The fraction of sp³-hybridized carbons (Fsp3) is 0.875. The number of aliphatic carboxylic acids is 1. The average Bonchev–Trinajstić information content (AvgIpc) is 2.65. The molecule has 0 aromatic rings. The molecule has 0 radical (unpaired) electrons. The van der Waals surface area contributed by atoms with Gasteiger partial charge in [0.1, 0.15) is 0 Å². The molecule has 0 unspecified atom stereocenters. The molecule has 0 bridgehead atoms. The smallest absolute Gasteiger partial charge is 0.303 e. The van der Waals surface area contributed by atoms with Gasteiger partial charge in [0.2, 0.25) is 0 Å². The summed E-state index contributed by atoms with van der Waals surface area (Å²) >= 11 is 0. The summed E-state index contributed by atoms with van der Waals surface area (Å²) in [5, 5.41) is 8.37. The molecule has 1 heterocycles. The van der Waals surface area contributed by atoms with E-state index in [0.717, 1.165) is 12.8 Å². The summed E-state index contributed by atoms with van der Waals surface area (Å²) in [6.45, 7) is 1.31. The lowest BCUT2D eigenvalue weighted by Crippen LogP contribution is -2.39. The van der Waals surface area contributed by atoms with Crippen LogP contribution in [0.2, 0.25) is 0 Å². The normalized spacial score (nSPS) is 18.1. The Morgan fingerprint density at radius 1 is 1.33 bits per heavy atom. The minimum absolute atomic E-state index is 0.0114. The van der Waals surface area contributed by atoms with E-state index in [1.54, 1.807) is 0 Å². The second-order valence-corrected chi connectivity index (χ2v) is 5.26. The first-order valence-corrected chi connectivity index (χ1v) is 6.43. The van der Waals surface area contributed by atoms with Crippen molar-refractivity contribution >= 4 is 16.2 Å². The van der Waals surface area contributed by atoms with Crippen LogP contribution in [-0.2, 0) is 15.0 Å². The minimum atomic E-state index is -3.37. The maximum atomic E-state index is 11.5. The molecule has 1 rings (SSSR count). The van der Waals surface area contributed by atoms with Crippen molar-refractivity contribution in [1.29, 1.82) is 0 Å². The lowest BCUT2D eigenvalue weighted by atomic mass is 10.3. The summed E-state index contributed by atoms with van der Waals surface area (Å²) in [5.74, 6) is -0.907. The minimum Gasteiger partial charge on any atom is -0.481 e. The molecule has 0 aromatic carbocycles. The Hall–Kier alpha value is -0.660. The van der Waals surface area contributed by atoms with E-state index in [1.165, 1.54) is 4.31 Å². The number of carboxylic acid groups (broad SMARTS) is 1. The van der Waals surface area contributed by atoms with Crippen molar-refractivity contribution in [3.8, 4) is 0 Å². The van der Waals surface area contributed by atoms with Gasteiger partial charge in [0, 0.05) is 26.1 Å². The van der Waals surface area contributed by atoms with Gasteiger partial charge in [-0.25, -0.2) is 4.72 Å². The zero-order valence-electron chi connectivity index (χ0n) is 8.48. The van der Waals surface area contributed by atoms with Gasteiger partial charge in [-0.3, -0.25) is 4.79 Å². The van der Waals surface area contributed by atoms with Crippen LogP contribution in [0.25, 0.3) is 0 Å². The van der Waals surface area contributed by atoms with Crippen LogP contribution < -0.4 is 4.72 Å². The molecule has 15 heavy (non-hydrogen) atoms. The van der Waals surface area contributed by atoms with Crippen molar-refractivity contribution in [3.63, 3.8) is 0 Å². The van der Waals surface area contributed by atoms with Crippen LogP contribution in [-0.4, -0.2) is 43.4 Å². The summed E-state index contributed by atoms with van der Waals surface area (Å²) in [6.07, 6.45) is 2.11. The fourth-order valence-electron chi connectivity index (χ4n) is 1.46. The van der Waals surface area contributed by atoms with Crippen molar-refractivity contribution in [2.75, 3.05) is 19.6 Å². The van der Waals surface area contributed by atoms with Crippen LogP contribution in [0.3, 0.4) is 0 Å². The van der Waals surface area contributed by atoms with Crippen molar-refractivity contribution in [1.82, 2.24) is 9.03 Å². The maximum absolute atomic E-state index is 11.5. The third kappa shape index (κ3) is 4.15. The van der Waals surface area contributed by atoms with Crippen LogP contribution in [0.1, 0.15) is 25.7 Å². The molecule has 7 heteroatoms. The molecule has 88 valence electrons. The molecule has 0 aliphatic carbocycles. The van der Waals surface area contributed by atoms with E-state index in [0.29, 0.717) is 19.5 Å². The van der Waals surface area contributed by atoms with Crippen molar-refractivity contribution in [2.24, 2.45) is 0 Å². The summed E-state index contributed by atoms with van der Waals surface area (Å²) in [7, 11) is -3.37. The Morgan fingerprint density at radius 2 is 1.93 bits per heavy atom. The molecule has 0 aromatic heterocycles. The van der Waals surface area contributed by atoms with Crippen LogP contribution in [0, 0.1) is 0 Å². The predicted molar refractivity (Wildman–Crippen MR) is 54.6 cm³/mol. The van der Waals surface area contributed by atoms with Crippen LogP contribution in [0.5, 0.6) is 0 Å². The van der Waals surface area contributed by atoms with Gasteiger partial charge in [0.05, 0.1) is 0 Å². The van der Waals surface area contributed by atoms with Crippen molar-refractivity contribution < 1.29 is 18.3 Å². The Balaban J connectivity index is 2.27. The molecule has 2 N–H and O–H groups in total. The molecule has 1 saturated heterocycles. The van der Waals surface area contributed by atoms with Gasteiger partial charge in [-0.15, -0.1) is 0 Å². The van der Waals surface area contributed by atoms with E-state index < -0.39 is 16.2 Å². The molecule has 0 saturated carbocycles. The van der Waals surface area contributed by atoms with Gasteiger partial charge in [0.15, 0.2) is 0 Å². The molecule has 0 atom stereocenters. The molecular weight excluding hydrogens is 220 g/mol. The highest BCUT2D eigenvalue weighted by atomic mass is 32.2. The number of nitrogens with zero attached hydrogens (tertiary/aromatic N) is 1.